The van der Waals surface area contributed by atoms with Crippen LogP contribution in [-0.2, 0) is 9.59 Å². The van der Waals surface area contributed by atoms with E-state index in [1.54, 1.807) is 23.5 Å². The van der Waals surface area contributed by atoms with Crippen molar-refractivity contribution in [1.82, 2.24) is 10.6 Å². The number of hydrogen-bond donors (Lipinski definition) is 2. The van der Waals surface area contributed by atoms with Crippen molar-refractivity contribution in [2.24, 2.45) is 0 Å². The van der Waals surface area contributed by atoms with Crippen LogP contribution < -0.4 is 20.1 Å². The monoisotopic (exact) mass is 618 g/mol. The van der Waals surface area contributed by atoms with Gasteiger partial charge in [0.25, 0.3) is 11.8 Å². The predicted molar refractivity (Wildman–Crippen MR) is 166 cm³/mol. The molecule has 0 aromatic carbocycles. The lowest BCUT2D eigenvalue weighted by atomic mass is 10.1. The molecule has 42 heavy (non-hydrogen) atoms. The van der Waals surface area contributed by atoms with Gasteiger partial charge in [0.15, 0.2) is 36.4 Å². The summed E-state index contributed by atoms with van der Waals surface area (Å²) in [7, 11) is 0. The number of unbranched alkanes of at least 4 members (excludes halogenated alkanes) is 7. The van der Waals surface area contributed by atoms with Crippen LogP contribution in [0.5, 0.6) is 0 Å². The number of rotatable bonds is 23. The van der Waals surface area contributed by atoms with E-state index < -0.39 is 11.8 Å². The molecule has 0 aliphatic heterocycles. The molecule has 2 amide bonds. The molecule has 2 rings (SSSR count). The minimum absolute atomic E-state index is 0.0148. The van der Waals surface area contributed by atoms with Crippen LogP contribution in [0.2, 0.25) is 0 Å². The number of aromatic nitrogens is 2. The normalized spacial score (nSPS) is 10.8. The maximum atomic E-state index is 12.0. The smallest absolute Gasteiger partial charge is 0.257 e. The Balaban J connectivity index is 1.30. The summed E-state index contributed by atoms with van der Waals surface area (Å²) >= 11 is 3.54. The van der Waals surface area contributed by atoms with E-state index in [9.17, 15) is 29.6 Å². The Morgan fingerprint density at radius 2 is 0.976 bits per heavy atom. The van der Waals surface area contributed by atoms with E-state index in [-0.39, 0.29) is 35.8 Å². The number of Topliss-reactive ketones (excluding diaryl/α,β-unsaturated/α-hetero) is 2. The Morgan fingerprint density at radius 3 is 1.36 bits per heavy atom. The molecule has 0 saturated heterocycles. The van der Waals surface area contributed by atoms with Crippen LogP contribution in [-0.4, -0.2) is 59.5 Å². The van der Waals surface area contributed by atoms with E-state index >= 15 is 0 Å². The minimum atomic E-state index is -0.421. The van der Waals surface area contributed by atoms with Crippen LogP contribution in [0.15, 0.2) is 49.1 Å². The summed E-state index contributed by atoms with van der Waals surface area (Å²) in [5, 5.41) is 27.6. The van der Waals surface area contributed by atoms with Gasteiger partial charge in [0, 0.05) is 36.5 Å². The number of carbonyl (C=O) groups excluding carboxylic acids is 4. The fourth-order valence-electron chi connectivity index (χ4n) is 3.96. The standard InChI is InChI=1S/C30H42N4O6S2/c35-27(21-31-29(37)25-11-9-15-33(39)23-25)13-19-41-17-7-5-3-1-2-4-6-8-18-42-20-14-28(36)22-32-30(38)26-12-10-16-34(40)24-26/h9-12,15-16,23-24H,1-8,13-14,17-22H2,(H,31,37)(H,32,38). The van der Waals surface area contributed by atoms with Gasteiger partial charge in [-0.05, 0) is 36.5 Å². The highest BCUT2D eigenvalue weighted by Gasteiger charge is 2.11. The van der Waals surface area contributed by atoms with Crippen LogP contribution in [0.4, 0.5) is 0 Å². The first kappa shape index (κ1) is 35.1. The van der Waals surface area contributed by atoms with Gasteiger partial charge in [0.1, 0.15) is 11.1 Å². The lowest BCUT2D eigenvalue weighted by Crippen LogP contribution is -2.32. The van der Waals surface area contributed by atoms with E-state index in [1.165, 1.54) is 87.6 Å². The summed E-state index contributed by atoms with van der Waals surface area (Å²) in [5.41, 5.74) is 0.475. The molecule has 2 aromatic rings. The summed E-state index contributed by atoms with van der Waals surface area (Å²) in [5.74, 6) is 2.70. The second kappa shape index (κ2) is 21.6. The van der Waals surface area contributed by atoms with Crippen molar-refractivity contribution in [3.8, 4) is 0 Å². The van der Waals surface area contributed by atoms with E-state index in [1.807, 2.05) is 0 Å². The van der Waals surface area contributed by atoms with Crippen molar-refractivity contribution in [2.75, 3.05) is 36.1 Å². The molecule has 0 radical (unpaired) electrons. The van der Waals surface area contributed by atoms with Crippen molar-refractivity contribution >= 4 is 46.9 Å². The first-order chi connectivity index (χ1) is 20.3. The topological polar surface area (TPSA) is 146 Å². The fourth-order valence-corrected chi connectivity index (χ4v) is 5.93. The van der Waals surface area contributed by atoms with Gasteiger partial charge in [-0.2, -0.15) is 33.0 Å². The molecular weight excluding hydrogens is 576 g/mol. The molecule has 0 atom stereocenters. The number of amides is 2. The highest BCUT2D eigenvalue weighted by atomic mass is 32.2. The quantitative estimate of drug-likeness (QED) is 0.109. The molecule has 0 saturated carbocycles. The van der Waals surface area contributed by atoms with Crippen LogP contribution in [0.1, 0.15) is 84.9 Å². The van der Waals surface area contributed by atoms with Gasteiger partial charge >= 0.3 is 0 Å². The average Bonchev–Trinajstić information content (AvgIpc) is 2.98. The maximum Gasteiger partial charge on any atom is 0.257 e. The molecule has 0 bridgehead atoms. The summed E-state index contributed by atoms with van der Waals surface area (Å²) in [4.78, 5) is 47.9. The van der Waals surface area contributed by atoms with Crippen LogP contribution in [0.25, 0.3) is 0 Å². The minimum Gasteiger partial charge on any atom is -0.619 e. The zero-order valence-electron chi connectivity index (χ0n) is 24.1. The van der Waals surface area contributed by atoms with Crippen LogP contribution >= 0.6 is 23.5 Å². The van der Waals surface area contributed by atoms with Gasteiger partial charge in [-0.1, -0.05) is 38.5 Å². The average molecular weight is 619 g/mol. The van der Waals surface area contributed by atoms with E-state index in [4.69, 9.17) is 0 Å². The molecule has 0 aliphatic carbocycles. The SMILES string of the molecule is O=C(CCSCCCCCCCCCCSCCC(=O)CNC(=O)c1ccc[n+]([O-])c1)CNC(=O)c1ccc[n+]([O-])c1. The Kier molecular flexibility index (Phi) is 18.0. The third kappa shape index (κ3) is 16.4. The molecule has 230 valence electrons. The van der Waals surface area contributed by atoms with Crippen molar-refractivity contribution in [3.63, 3.8) is 0 Å². The number of hydrogen-bond acceptors (Lipinski definition) is 8. The Morgan fingerprint density at radius 1 is 0.595 bits per heavy atom. The van der Waals surface area contributed by atoms with Gasteiger partial charge in [0.05, 0.1) is 13.1 Å². The van der Waals surface area contributed by atoms with Crippen molar-refractivity contribution in [1.29, 1.82) is 0 Å². The Labute approximate surface area is 256 Å². The first-order valence-electron chi connectivity index (χ1n) is 14.5. The molecule has 0 unspecified atom stereocenters. The van der Waals surface area contributed by atoms with Crippen molar-refractivity contribution in [3.05, 3.63) is 70.6 Å². The van der Waals surface area contributed by atoms with E-state index in [0.29, 0.717) is 22.3 Å². The third-order valence-electron chi connectivity index (χ3n) is 6.34. The molecule has 0 aliphatic rings. The van der Waals surface area contributed by atoms with Crippen molar-refractivity contribution in [2.45, 2.75) is 64.2 Å². The van der Waals surface area contributed by atoms with Gasteiger partial charge in [-0.25, -0.2) is 0 Å². The molecule has 2 N–H and O–H groups in total. The second-order valence-corrected chi connectivity index (χ2v) is 12.4. The molecule has 10 nitrogen and oxygen atoms in total. The highest BCUT2D eigenvalue weighted by Crippen LogP contribution is 2.14. The predicted octanol–water partition coefficient (Wildman–Crippen LogP) is 3.62. The number of thioether (sulfide) groups is 2. The Hall–Kier alpha value is -3.12. The maximum absolute atomic E-state index is 12.0. The van der Waals surface area contributed by atoms with E-state index in [2.05, 4.69) is 10.6 Å². The zero-order chi connectivity index (χ0) is 30.4. The number of nitrogens with zero attached hydrogens (tertiary/aromatic N) is 2. The highest BCUT2D eigenvalue weighted by molar-refractivity contribution is 7.99. The van der Waals surface area contributed by atoms with Crippen LogP contribution in [0.3, 0.4) is 0 Å². The molecule has 0 fully saturated rings. The second-order valence-electron chi connectivity index (χ2n) is 9.90. The number of ketones is 2. The Bertz CT molecular complexity index is 1050. The first-order valence-corrected chi connectivity index (χ1v) is 16.8. The molecule has 2 aromatic heterocycles. The summed E-state index contributed by atoms with van der Waals surface area (Å²) in [6, 6.07) is 6.05. The lowest BCUT2D eigenvalue weighted by Gasteiger charge is -2.05. The largest absolute Gasteiger partial charge is 0.619 e. The van der Waals surface area contributed by atoms with Gasteiger partial charge in [-0.3, -0.25) is 19.2 Å². The summed E-state index contributed by atoms with van der Waals surface area (Å²) in [6.07, 6.45) is 15.4. The number of nitrogens with one attached hydrogen (secondary N) is 2. The summed E-state index contributed by atoms with van der Waals surface area (Å²) in [6.45, 7) is -0.0401. The van der Waals surface area contributed by atoms with Crippen molar-refractivity contribution < 1.29 is 28.6 Å². The van der Waals surface area contributed by atoms with Gasteiger partial charge < -0.3 is 21.0 Å². The molecule has 2 heterocycles. The van der Waals surface area contributed by atoms with E-state index in [0.717, 1.165) is 35.9 Å². The van der Waals surface area contributed by atoms with Gasteiger partial charge in [-0.15, -0.1) is 0 Å². The summed E-state index contributed by atoms with van der Waals surface area (Å²) < 4.78 is 1.11. The number of carbonyl (C=O) groups is 4. The van der Waals surface area contributed by atoms with Gasteiger partial charge in [0.2, 0.25) is 0 Å². The number of pyridine rings is 2. The zero-order valence-corrected chi connectivity index (χ0v) is 25.7. The van der Waals surface area contributed by atoms with Crippen LogP contribution in [0, 0.1) is 10.4 Å². The molecule has 0 spiro atoms. The molecule has 12 heteroatoms. The third-order valence-corrected chi connectivity index (χ3v) is 8.48. The fraction of sp³-hybridized carbons (Fsp3) is 0.533. The lowest BCUT2D eigenvalue weighted by molar-refractivity contribution is -0.605. The molecular formula is C30H42N4O6S2.